The fourth-order valence-corrected chi connectivity index (χ4v) is 4.04. The van der Waals surface area contributed by atoms with Crippen LogP contribution >= 0.6 is 0 Å². The van der Waals surface area contributed by atoms with E-state index in [4.69, 9.17) is 5.11 Å². The summed E-state index contributed by atoms with van der Waals surface area (Å²) >= 11 is 0. The van der Waals surface area contributed by atoms with Crippen LogP contribution < -0.4 is 0 Å². The summed E-state index contributed by atoms with van der Waals surface area (Å²) < 4.78 is 26.5. The Labute approximate surface area is 119 Å². The monoisotopic (exact) mass is 302 g/mol. The summed E-state index contributed by atoms with van der Waals surface area (Å²) in [6.45, 7) is 9.25. The number of sulfonamides is 1. The highest BCUT2D eigenvalue weighted by molar-refractivity contribution is 7.89. The van der Waals surface area contributed by atoms with Crippen molar-refractivity contribution in [1.29, 1.82) is 0 Å². The van der Waals surface area contributed by atoms with Crippen molar-refractivity contribution in [2.45, 2.75) is 39.5 Å². The normalized spacial score (nSPS) is 12.9. The van der Waals surface area contributed by atoms with Crippen molar-refractivity contribution in [3.05, 3.63) is 17.0 Å². The van der Waals surface area contributed by atoms with E-state index in [0.717, 1.165) is 0 Å². The van der Waals surface area contributed by atoms with Crippen LogP contribution in [0.5, 0.6) is 0 Å². The summed E-state index contributed by atoms with van der Waals surface area (Å²) in [5, 5.41) is 9.05. The van der Waals surface area contributed by atoms with Crippen LogP contribution in [0.1, 0.15) is 42.5 Å². The summed E-state index contributed by atoms with van der Waals surface area (Å²) in [6.07, 6.45) is 0. The number of hydrogen-bond acceptors (Lipinski definition) is 3. The van der Waals surface area contributed by atoms with Crippen molar-refractivity contribution < 1.29 is 18.3 Å². The molecular formula is C13H22N2O4S. The maximum absolute atomic E-state index is 12.6. The summed E-state index contributed by atoms with van der Waals surface area (Å²) in [4.78, 5) is 13.8. The molecule has 1 aromatic heterocycles. The molecular weight excluding hydrogens is 280 g/mol. The first-order valence-electron chi connectivity index (χ1n) is 6.26. The van der Waals surface area contributed by atoms with Crippen LogP contribution in [0.15, 0.2) is 4.90 Å². The number of aromatic carboxylic acids is 1. The molecule has 114 valence electrons. The highest BCUT2D eigenvalue weighted by Gasteiger charge is 2.31. The molecule has 0 aromatic carbocycles. The van der Waals surface area contributed by atoms with Crippen LogP contribution in [-0.4, -0.2) is 42.4 Å². The van der Waals surface area contributed by atoms with Gasteiger partial charge in [-0.3, -0.25) is 0 Å². The zero-order chi connectivity index (χ0) is 15.9. The number of nitrogens with one attached hydrogen (secondary N) is 1. The molecule has 0 spiro atoms. The molecule has 0 unspecified atom stereocenters. The molecule has 0 aliphatic carbocycles. The molecule has 0 saturated heterocycles. The van der Waals surface area contributed by atoms with Gasteiger partial charge in [0, 0.05) is 24.8 Å². The highest BCUT2D eigenvalue weighted by atomic mass is 32.2. The van der Waals surface area contributed by atoms with Crippen LogP contribution in [0.25, 0.3) is 0 Å². The Bertz CT molecular complexity index is 624. The topological polar surface area (TPSA) is 90.5 Å². The van der Waals surface area contributed by atoms with E-state index >= 15 is 0 Å². The summed E-state index contributed by atoms with van der Waals surface area (Å²) in [5.74, 6) is -1.16. The van der Waals surface area contributed by atoms with Crippen LogP contribution in [0, 0.1) is 19.3 Å². The fraction of sp³-hybridized carbons (Fsp3) is 0.615. The smallest absolute Gasteiger partial charge is 0.352 e. The number of H-pyrrole nitrogens is 1. The maximum atomic E-state index is 12.6. The van der Waals surface area contributed by atoms with Crippen molar-refractivity contribution >= 4 is 16.0 Å². The highest BCUT2D eigenvalue weighted by Crippen LogP contribution is 2.27. The Kier molecular flexibility index (Phi) is 4.36. The molecule has 20 heavy (non-hydrogen) atoms. The number of carboxylic acid groups (broad SMARTS) is 1. The van der Waals surface area contributed by atoms with Gasteiger partial charge in [-0.05, 0) is 19.3 Å². The minimum atomic E-state index is -3.71. The van der Waals surface area contributed by atoms with Gasteiger partial charge in [0.25, 0.3) is 0 Å². The van der Waals surface area contributed by atoms with Crippen LogP contribution in [-0.2, 0) is 10.0 Å². The lowest BCUT2D eigenvalue weighted by atomic mass is 9.97. The summed E-state index contributed by atoms with van der Waals surface area (Å²) in [5.41, 5.74) is 0.330. The third-order valence-corrected chi connectivity index (χ3v) is 5.03. The molecule has 1 heterocycles. The van der Waals surface area contributed by atoms with Gasteiger partial charge in [0.05, 0.1) is 0 Å². The average Bonchev–Trinajstić information content (AvgIpc) is 2.51. The van der Waals surface area contributed by atoms with E-state index in [-0.39, 0.29) is 21.6 Å². The molecule has 2 N–H and O–H groups in total. The average molecular weight is 302 g/mol. The Morgan fingerprint density at radius 3 is 2.15 bits per heavy atom. The molecule has 0 amide bonds. The molecule has 0 aliphatic heterocycles. The van der Waals surface area contributed by atoms with E-state index in [2.05, 4.69) is 4.98 Å². The Hall–Kier alpha value is -1.34. The van der Waals surface area contributed by atoms with E-state index in [0.29, 0.717) is 12.2 Å². The summed E-state index contributed by atoms with van der Waals surface area (Å²) in [6, 6.07) is 0. The number of aromatic amines is 1. The number of hydrogen-bond donors (Lipinski definition) is 2. The molecule has 1 rings (SSSR count). The molecule has 0 fully saturated rings. The molecule has 0 atom stereocenters. The number of nitrogens with zero attached hydrogens (tertiary/aromatic N) is 1. The van der Waals surface area contributed by atoms with Gasteiger partial charge in [-0.2, -0.15) is 0 Å². The molecule has 0 bridgehead atoms. The van der Waals surface area contributed by atoms with Gasteiger partial charge in [0.2, 0.25) is 10.0 Å². The third kappa shape index (κ3) is 3.21. The van der Waals surface area contributed by atoms with Crippen molar-refractivity contribution in [2.24, 2.45) is 5.41 Å². The molecule has 0 saturated carbocycles. The zero-order valence-electron chi connectivity index (χ0n) is 12.7. The molecule has 1 aromatic rings. The second kappa shape index (κ2) is 5.21. The van der Waals surface area contributed by atoms with E-state index in [9.17, 15) is 13.2 Å². The Balaban J connectivity index is 3.33. The number of aromatic nitrogens is 1. The van der Waals surface area contributed by atoms with Crippen LogP contribution in [0.4, 0.5) is 0 Å². The zero-order valence-corrected chi connectivity index (χ0v) is 13.6. The molecule has 6 nitrogen and oxygen atoms in total. The molecule has 7 heteroatoms. The van der Waals surface area contributed by atoms with Crippen molar-refractivity contribution in [1.82, 2.24) is 9.29 Å². The number of aryl methyl sites for hydroxylation is 1. The number of rotatable bonds is 4. The Morgan fingerprint density at radius 1 is 1.30 bits per heavy atom. The number of carbonyl (C=O) groups is 1. The van der Waals surface area contributed by atoms with Crippen molar-refractivity contribution in [3.8, 4) is 0 Å². The Morgan fingerprint density at radius 2 is 1.80 bits per heavy atom. The largest absolute Gasteiger partial charge is 0.477 e. The molecule has 0 aliphatic rings. The van der Waals surface area contributed by atoms with Gasteiger partial charge >= 0.3 is 5.97 Å². The SMILES string of the molecule is Cc1[nH]c(C(=O)O)c(C)c1S(=O)(=O)N(C)CC(C)(C)C. The van der Waals surface area contributed by atoms with Crippen molar-refractivity contribution in [3.63, 3.8) is 0 Å². The first-order chi connectivity index (χ1) is 8.88. The first kappa shape index (κ1) is 16.7. The lowest BCUT2D eigenvalue weighted by molar-refractivity contribution is 0.0690. The van der Waals surface area contributed by atoms with Gasteiger partial charge < -0.3 is 10.1 Å². The second-order valence-corrected chi connectivity index (χ2v) is 8.19. The van der Waals surface area contributed by atoms with E-state index in [1.54, 1.807) is 6.92 Å². The third-order valence-electron chi connectivity index (χ3n) is 2.95. The quantitative estimate of drug-likeness (QED) is 0.890. The maximum Gasteiger partial charge on any atom is 0.352 e. The van der Waals surface area contributed by atoms with Gasteiger partial charge in [0.15, 0.2) is 0 Å². The summed E-state index contributed by atoms with van der Waals surface area (Å²) in [7, 11) is -2.20. The second-order valence-electron chi connectivity index (χ2n) is 6.21. The van der Waals surface area contributed by atoms with Gasteiger partial charge in [-0.25, -0.2) is 17.5 Å². The minimum absolute atomic E-state index is 0.0571. The lowest BCUT2D eigenvalue weighted by Gasteiger charge is -2.26. The first-order valence-corrected chi connectivity index (χ1v) is 7.70. The standard InChI is InChI=1S/C13H22N2O4S/c1-8-10(12(16)17)14-9(2)11(8)20(18,19)15(6)7-13(3,4)5/h14H,7H2,1-6H3,(H,16,17). The van der Waals surface area contributed by atoms with Crippen LogP contribution in [0.2, 0.25) is 0 Å². The number of carboxylic acids is 1. The molecule has 0 radical (unpaired) electrons. The van der Waals surface area contributed by atoms with Gasteiger partial charge in [-0.15, -0.1) is 0 Å². The van der Waals surface area contributed by atoms with Crippen LogP contribution in [0.3, 0.4) is 0 Å². The fourth-order valence-electron chi connectivity index (χ4n) is 2.24. The lowest BCUT2D eigenvalue weighted by Crippen LogP contribution is -2.35. The van der Waals surface area contributed by atoms with E-state index in [1.165, 1.54) is 18.3 Å². The van der Waals surface area contributed by atoms with Crippen molar-refractivity contribution in [2.75, 3.05) is 13.6 Å². The van der Waals surface area contributed by atoms with Gasteiger partial charge in [0.1, 0.15) is 10.6 Å². The van der Waals surface area contributed by atoms with Gasteiger partial charge in [-0.1, -0.05) is 20.8 Å². The van der Waals surface area contributed by atoms with E-state index in [1.807, 2.05) is 20.8 Å². The predicted octanol–water partition coefficient (Wildman–Crippen LogP) is 2.00. The predicted molar refractivity (Wildman–Crippen MR) is 76.5 cm³/mol. The minimum Gasteiger partial charge on any atom is -0.477 e. The van der Waals surface area contributed by atoms with E-state index < -0.39 is 16.0 Å².